The molecule has 9 heteroatoms. The number of rotatable bonds is 9. The van der Waals surface area contributed by atoms with E-state index < -0.39 is 11.9 Å². The fourth-order valence-electron chi connectivity index (χ4n) is 4.51. The van der Waals surface area contributed by atoms with Crippen molar-refractivity contribution < 1.29 is 19.2 Å². The highest BCUT2D eigenvalue weighted by molar-refractivity contribution is 6.02. The SMILES string of the molecule is CCN(CC)C(=O)C1CCCN(C(=O)CN(C(=O)CNC(=O)Nc2cccc(C)c2)c2ccccc2)C1. The summed E-state index contributed by atoms with van der Waals surface area (Å²) in [6, 6.07) is 15.7. The summed E-state index contributed by atoms with van der Waals surface area (Å²) >= 11 is 0. The van der Waals surface area contributed by atoms with Gasteiger partial charge in [0.25, 0.3) is 0 Å². The molecule has 0 saturated carbocycles. The Morgan fingerprint density at radius 1 is 1.00 bits per heavy atom. The van der Waals surface area contributed by atoms with Gasteiger partial charge in [-0.3, -0.25) is 14.4 Å². The number of amides is 5. The van der Waals surface area contributed by atoms with Crippen LogP contribution in [0.2, 0.25) is 0 Å². The van der Waals surface area contributed by atoms with Gasteiger partial charge in [0.1, 0.15) is 6.54 Å². The Morgan fingerprint density at radius 3 is 2.41 bits per heavy atom. The minimum absolute atomic E-state index is 0.0716. The summed E-state index contributed by atoms with van der Waals surface area (Å²) in [5, 5.41) is 5.30. The molecule has 1 saturated heterocycles. The zero-order valence-electron chi connectivity index (χ0n) is 21.9. The molecule has 1 unspecified atom stereocenters. The molecule has 3 rings (SSSR count). The molecule has 1 aliphatic rings. The summed E-state index contributed by atoms with van der Waals surface area (Å²) in [5.74, 6) is -0.794. The van der Waals surface area contributed by atoms with Crippen LogP contribution in [0.25, 0.3) is 0 Å². The molecule has 5 amide bonds. The van der Waals surface area contributed by atoms with Gasteiger partial charge in [-0.25, -0.2) is 4.79 Å². The maximum Gasteiger partial charge on any atom is 0.319 e. The first kappa shape index (κ1) is 27.7. The summed E-state index contributed by atoms with van der Waals surface area (Å²) < 4.78 is 0. The van der Waals surface area contributed by atoms with Crippen LogP contribution in [0.3, 0.4) is 0 Å². The predicted octanol–water partition coefficient (Wildman–Crippen LogP) is 3.26. The van der Waals surface area contributed by atoms with E-state index in [0.717, 1.165) is 18.4 Å². The highest BCUT2D eigenvalue weighted by atomic mass is 16.2. The van der Waals surface area contributed by atoms with E-state index >= 15 is 0 Å². The van der Waals surface area contributed by atoms with E-state index in [-0.39, 0.29) is 30.8 Å². The van der Waals surface area contributed by atoms with Crippen molar-refractivity contribution >= 4 is 35.1 Å². The maximum atomic E-state index is 13.3. The molecule has 1 fully saturated rings. The molecule has 198 valence electrons. The van der Waals surface area contributed by atoms with E-state index in [0.29, 0.717) is 37.6 Å². The summed E-state index contributed by atoms with van der Waals surface area (Å²) in [5.41, 5.74) is 2.19. The van der Waals surface area contributed by atoms with Crippen LogP contribution < -0.4 is 15.5 Å². The number of likely N-dealkylation sites (tertiary alicyclic amines) is 1. The summed E-state index contributed by atoms with van der Waals surface area (Å²) in [4.78, 5) is 56.5. The molecule has 0 radical (unpaired) electrons. The lowest BCUT2D eigenvalue weighted by Gasteiger charge is -2.35. The van der Waals surface area contributed by atoms with Gasteiger partial charge in [-0.15, -0.1) is 0 Å². The van der Waals surface area contributed by atoms with Gasteiger partial charge in [-0.05, 0) is 63.4 Å². The number of piperidine rings is 1. The van der Waals surface area contributed by atoms with Crippen molar-refractivity contribution in [3.63, 3.8) is 0 Å². The van der Waals surface area contributed by atoms with Crippen molar-refractivity contribution in [1.82, 2.24) is 15.1 Å². The molecule has 0 spiro atoms. The molecule has 1 atom stereocenters. The van der Waals surface area contributed by atoms with Gasteiger partial charge in [-0.1, -0.05) is 30.3 Å². The van der Waals surface area contributed by atoms with Crippen molar-refractivity contribution in [2.24, 2.45) is 5.92 Å². The minimum atomic E-state index is -0.507. The molecule has 1 heterocycles. The Labute approximate surface area is 218 Å². The molecule has 9 nitrogen and oxygen atoms in total. The van der Waals surface area contributed by atoms with E-state index in [1.54, 1.807) is 40.1 Å². The molecule has 0 aromatic heterocycles. The quantitative estimate of drug-likeness (QED) is 0.544. The van der Waals surface area contributed by atoms with E-state index in [1.165, 1.54) is 4.90 Å². The second-order valence-corrected chi connectivity index (χ2v) is 9.18. The Morgan fingerprint density at radius 2 is 1.73 bits per heavy atom. The number of anilines is 2. The molecular weight excluding hydrogens is 470 g/mol. The number of hydrogen-bond donors (Lipinski definition) is 2. The van der Waals surface area contributed by atoms with Crippen molar-refractivity contribution in [3.8, 4) is 0 Å². The Hall–Kier alpha value is -3.88. The topological polar surface area (TPSA) is 102 Å². The third kappa shape index (κ3) is 7.80. The van der Waals surface area contributed by atoms with Crippen LogP contribution >= 0.6 is 0 Å². The molecule has 2 aromatic rings. The first-order valence-electron chi connectivity index (χ1n) is 12.9. The maximum absolute atomic E-state index is 13.3. The van der Waals surface area contributed by atoms with Crippen LogP contribution in [0.5, 0.6) is 0 Å². The fourth-order valence-corrected chi connectivity index (χ4v) is 4.51. The number of benzene rings is 2. The highest BCUT2D eigenvalue weighted by Crippen LogP contribution is 2.20. The monoisotopic (exact) mass is 507 g/mol. The standard InChI is InChI=1S/C28H37N5O4/c1-4-31(5-2)27(36)22-12-10-16-32(19-22)26(35)20-33(24-14-7-6-8-15-24)25(34)18-29-28(37)30-23-13-9-11-21(3)17-23/h6-9,11,13-15,17,22H,4-5,10,12,16,18-20H2,1-3H3,(H2,29,30,37). The number of para-hydroxylation sites is 1. The normalized spacial score (nSPS) is 15.0. The van der Waals surface area contributed by atoms with Crippen LogP contribution in [-0.4, -0.2) is 72.8 Å². The van der Waals surface area contributed by atoms with E-state index in [2.05, 4.69) is 10.6 Å². The van der Waals surface area contributed by atoms with Gasteiger partial charge in [0.05, 0.1) is 12.5 Å². The molecule has 2 aromatic carbocycles. The number of aryl methyl sites for hydroxylation is 1. The second-order valence-electron chi connectivity index (χ2n) is 9.18. The van der Waals surface area contributed by atoms with Crippen molar-refractivity contribution in [2.45, 2.75) is 33.6 Å². The third-order valence-electron chi connectivity index (χ3n) is 6.54. The number of nitrogens with one attached hydrogen (secondary N) is 2. The number of nitrogens with zero attached hydrogens (tertiary/aromatic N) is 3. The lowest BCUT2D eigenvalue weighted by Crippen LogP contribution is -2.51. The zero-order valence-corrected chi connectivity index (χ0v) is 21.9. The van der Waals surface area contributed by atoms with Crippen LogP contribution in [-0.2, 0) is 14.4 Å². The van der Waals surface area contributed by atoms with Crippen LogP contribution in [0.1, 0.15) is 32.3 Å². The number of carbonyl (C=O) groups is 4. The Kier molecular flexibility index (Phi) is 10.1. The smallest absolute Gasteiger partial charge is 0.319 e. The lowest BCUT2D eigenvalue weighted by molar-refractivity contribution is -0.140. The van der Waals surface area contributed by atoms with E-state index in [9.17, 15) is 19.2 Å². The van der Waals surface area contributed by atoms with Gasteiger partial charge < -0.3 is 25.3 Å². The average molecular weight is 508 g/mol. The number of urea groups is 1. The van der Waals surface area contributed by atoms with Gasteiger partial charge >= 0.3 is 6.03 Å². The summed E-state index contributed by atoms with van der Waals surface area (Å²) in [6.45, 7) is 7.56. The number of carbonyl (C=O) groups excluding carboxylic acids is 4. The minimum Gasteiger partial charge on any atom is -0.343 e. The molecule has 0 aliphatic carbocycles. The van der Waals surface area contributed by atoms with Crippen molar-refractivity contribution in [3.05, 3.63) is 60.2 Å². The second kappa shape index (κ2) is 13.4. The van der Waals surface area contributed by atoms with Gasteiger partial charge in [0, 0.05) is 37.6 Å². The number of hydrogen-bond acceptors (Lipinski definition) is 4. The van der Waals surface area contributed by atoms with Gasteiger partial charge in [-0.2, -0.15) is 0 Å². The average Bonchev–Trinajstić information content (AvgIpc) is 2.91. The Balaban J connectivity index is 1.64. The first-order chi connectivity index (χ1) is 17.8. The van der Waals surface area contributed by atoms with Crippen molar-refractivity contribution in [2.75, 3.05) is 49.5 Å². The predicted molar refractivity (Wildman–Crippen MR) is 144 cm³/mol. The molecule has 37 heavy (non-hydrogen) atoms. The van der Waals surface area contributed by atoms with Crippen molar-refractivity contribution in [1.29, 1.82) is 0 Å². The van der Waals surface area contributed by atoms with Crippen LogP contribution in [0, 0.1) is 12.8 Å². The molecular formula is C28H37N5O4. The Bertz CT molecular complexity index is 1090. The lowest BCUT2D eigenvalue weighted by atomic mass is 9.96. The molecule has 1 aliphatic heterocycles. The summed E-state index contributed by atoms with van der Waals surface area (Å²) in [6.07, 6.45) is 1.49. The fraction of sp³-hybridized carbons (Fsp3) is 0.429. The van der Waals surface area contributed by atoms with E-state index in [1.807, 2.05) is 45.0 Å². The van der Waals surface area contributed by atoms with Crippen LogP contribution in [0.4, 0.5) is 16.2 Å². The molecule has 2 N–H and O–H groups in total. The summed E-state index contributed by atoms with van der Waals surface area (Å²) in [7, 11) is 0. The van der Waals surface area contributed by atoms with Gasteiger partial charge in [0.2, 0.25) is 17.7 Å². The molecule has 0 bridgehead atoms. The largest absolute Gasteiger partial charge is 0.343 e. The third-order valence-corrected chi connectivity index (χ3v) is 6.54. The zero-order chi connectivity index (χ0) is 26.8. The highest BCUT2D eigenvalue weighted by Gasteiger charge is 2.31. The van der Waals surface area contributed by atoms with Crippen LogP contribution in [0.15, 0.2) is 54.6 Å². The van der Waals surface area contributed by atoms with Gasteiger partial charge in [0.15, 0.2) is 0 Å². The first-order valence-corrected chi connectivity index (χ1v) is 12.9. The van der Waals surface area contributed by atoms with E-state index in [4.69, 9.17) is 0 Å².